The summed E-state index contributed by atoms with van der Waals surface area (Å²) in [4.78, 5) is 12.7. The Balaban J connectivity index is 1.55. The van der Waals surface area contributed by atoms with Crippen LogP contribution in [0.2, 0.25) is 0 Å². The molecule has 1 aromatic rings. The summed E-state index contributed by atoms with van der Waals surface area (Å²) in [6.07, 6.45) is 11.1. The fourth-order valence-corrected chi connectivity index (χ4v) is 6.69. The van der Waals surface area contributed by atoms with Crippen molar-refractivity contribution >= 4 is 21.8 Å². The van der Waals surface area contributed by atoms with Gasteiger partial charge in [-0.1, -0.05) is 6.92 Å². The lowest BCUT2D eigenvalue weighted by Crippen LogP contribution is -2.56. The van der Waals surface area contributed by atoms with E-state index in [4.69, 9.17) is 0 Å². The maximum Gasteiger partial charge on any atom is 0.273 e. The highest BCUT2D eigenvalue weighted by Gasteiger charge is 2.54. The van der Waals surface area contributed by atoms with Gasteiger partial charge in [0.25, 0.3) is 5.91 Å². The zero-order valence-electron chi connectivity index (χ0n) is 14.0. The van der Waals surface area contributed by atoms with E-state index in [-0.39, 0.29) is 11.9 Å². The molecule has 1 amide bonds. The fourth-order valence-electron chi connectivity index (χ4n) is 6.13. The van der Waals surface area contributed by atoms with Crippen molar-refractivity contribution in [2.24, 2.45) is 30.2 Å². The number of nitrogens with one attached hydrogen (secondary N) is 1. The van der Waals surface area contributed by atoms with E-state index in [9.17, 15) is 4.79 Å². The van der Waals surface area contributed by atoms with Crippen LogP contribution >= 0.6 is 15.9 Å². The van der Waals surface area contributed by atoms with Crippen molar-refractivity contribution in [2.75, 3.05) is 0 Å². The molecule has 0 unspecified atom stereocenters. The van der Waals surface area contributed by atoms with Crippen LogP contribution in [-0.2, 0) is 7.05 Å². The van der Waals surface area contributed by atoms with Gasteiger partial charge in [0.1, 0.15) is 0 Å². The normalized spacial score (nSPS) is 36.2. The quantitative estimate of drug-likeness (QED) is 0.861. The van der Waals surface area contributed by atoms with Crippen molar-refractivity contribution < 1.29 is 4.79 Å². The smallest absolute Gasteiger partial charge is 0.273 e. The highest BCUT2D eigenvalue weighted by molar-refractivity contribution is 9.10. The predicted molar refractivity (Wildman–Crippen MR) is 93.1 cm³/mol. The molecule has 1 N–H and O–H groups in total. The molecule has 1 aromatic heterocycles. The summed E-state index contributed by atoms with van der Waals surface area (Å²) in [7, 11) is 1.85. The average Bonchev–Trinajstić information content (AvgIpc) is 2.81. The molecule has 4 saturated carbocycles. The van der Waals surface area contributed by atoms with Gasteiger partial charge in [0.15, 0.2) is 5.69 Å². The molecule has 4 aliphatic carbocycles. The Morgan fingerprint density at radius 1 is 1.35 bits per heavy atom. The number of aromatic nitrogens is 2. The molecule has 0 aliphatic heterocycles. The first-order valence-electron chi connectivity index (χ1n) is 8.99. The van der Waals surface area contributed by atoms with Crippen LogP contribution in [0.5, 0.6) is 0 Å². The minimum Gasteiger partial charge on any atom is -0.347 e. The maximum absolute atomic E-state index is 12.7. The van der Waals surface area contributed by atoms with E-state index < -0.39 is 0 Å². The summed E-state index contributed by atoms with van der Waals surface area (Å²) in [5, 5.41) is 7.65. The van der Waals surface area contributed by atoms with E-state index in [2.05, 4.69) is 33.3 Å². The van der Waals surface area contributed by atoms with Gasteiger partial charge in [0.2, 0.25) is 0 Å². The van der Waals surface area contributed by atoms with Crippen LogP contribution < -0.4 is 5.32 Å². The lowest BCUT2D eigenvalue weighted by atomic mass is 9.47. The summed E-state index contributed by atoms with van der Waals surface area (Å²) in [6, 6.07) is 0.289. The predicted octanol–water partition coefficient (Wildman–Crippen LogP) is 3.91. The van der Waals surface area contributed by atoms with Crippen molar-refractivity contribution in [3.8, 4) is 0 Å². The van der Waals surface area contributed by atoms with E-state index in [1.165, 1.54) is 38.5 Å². The second-order valence-electron chi connectivity index (χ2n) is 8.21. The van der Waals surface area contributed by atoms with Gasteiger partial charge in [-0.05, 0) is 84.0 Å². The number of nitrogens with zero attached hydrogens (tertiary/aromatic N) is 2. The van der Waals surface area contributed by atoms with Crippen LogP contribution in [0.25, 0.3) is 0 Å². The summed E-state index contributed by atoms with van der Waals surface area (Å²) in [6.45, 7) is 2.22. The van der Waals surface area contributed by atoms with E-state index in [1.54, 1.807) is 4.68 Å². The van der Waals surface area contributed by atoms with Crippen LogP contribution in [0.4, 0.5) is 0 Å². The minimum absolute atomic E-state index is 0.0277. The number of halogens is 1. The highest BCUT2D eigenvalue weighted by Crippen LogP contribution is 2.61. The molecule has 5 rings (SSSR count). The lowest BCUT2D eigenvalue weighted by molar-refractivity contribution is -0.0727. The van der Waals surface area contributed by atoms with E-state index in [0.717, 1.165) is 28.6 Å². The molecule has 126 valence electrons. The largest absolute Gasteiger partial charge is 0.347 e. The van der Waals surface area contributed by atoms with Crippen molar-refractivity contribution in [2.45, 2.75) is 57.9 Å². The minimum atomic E-state index is -0.0277. The monoisotopic (exact) mass is 379 g/mol. The van der Waals surface area contributed by atoms with Gasteiger partial charge >= 0.3 is 0 Å². The number of carbonyl (C=O) groups is 1. The van der Waals surface area contributed by atoms with Crippen LogP contribution in [0.15, 0.2) is 10.7 Å². The van der Waals surface area contributed by atoms with Crippen molar-refractivity contribution in [3.63, 3.8) is 0 Å². The Morgan fingerprint density at radius 3 is 2.35 bits per heavy atom. The first kappa shape index (κ1) is 15.7. The molecule has 4 fully saturated rings. The van der Waals surface area contributed by atoms with Gasteiger partial charge in [0, 0.05) is 19.3 Å². The second kappa shape index (κ2) is 5.61. The molecule has 0 spiro atoms. The van der Waals surface area contributed by atoms with Crippen LogP contribution in [0.3, 0.4) is 0 Å². The zero-order valence-corrected chi connectivity index (χ0v) is 15.6. The third-order valence-corrected chi connectivity index (χ3v) is 7.12. The molecule has 0 radical (unpaired) electrons. The van der Waals surface area contributed by atoms with Gasteiger partial charge in [-0.3, -0.25) is 9.48 Å². The van der Waals surface area contributed by atoms with E-state index in [1.807, 2.05) is 13.2 Å². The molecule has 0 aromatic carbocycles. The first-order valence-corrected chi connectivity index (χ1v) is 9.78. The molecule has 5 heteroatoms. The van der Waals surface area contributed by atoms with Crippen LogP contribution in [0.1, 0.15) is 62.4 Å². The number of aryl methyl sites for hydroxylation is 1. The van der Waals surface area contributed by atoms with Crippen molar-refractivity contribution in [3.05, 3.63) is 16.4 Å². The summed E-state index contributed by atoms with van der Waals surface area (Å²) in [5.74, 6) is 2.71. The summed E-state index contributed by atoms with van der Waals surface area (Å²) in [5.41, 5.74) is 0.858. The van der Waals surface area contributed by atoms with Gasteiger partial charge in [0.05, 0.1) is 4.47 Å². The number of hydrogen-bond acceptors (Lipinski definition) is 2. The van der Waals surface area contributed by atoms with Gasteiger partial charge in [-0.15, -0.1) is 0 Å². The molecule has 4 nitrogen and oxygen atoms in total. The van der Waals surface area contributed by atoms with Crippen LogP contribution in [0, 0.1) is 23.2 Å². The molecule has 4 aliphatic rings. The second-order valence-corrected chi connectivity index (χ2v) is 9.07. The van der Waals surface area contributed by atoms with Gasteiger partial charge < -0.3 is 5.32 Å². The summed E-state index contributed by atoms with van der Waals surface area (Å²) >= 11 is 3.45. The average molecular weight is 380 g/mol. The number of hydrogen-bond donors (Lipinski definition) is 1. The Bertz CT molecular complexity index is 588. The Labute approximate surface area is 146 Å². The van der Waals surface area contributed by atoms with Gasteiger partial charge in [-0.25, -0.2) is 0 Å². The first-order chi connectivity index (χ1) is 11.0. The maximum atomic E-state index is 12.7. The van der Waals surface area contributed by atoms with Crippen molar-refractivity contribution in [1.29, 1.82) is 0 Å². The third kappa shape index (κ3) is 2.65. The Hall–Kier alpha value is -0.840. The fraction of sp³-hybridized carbons (Fsp3) is 0.778. The SMILES string of the molecule is CC[C@@H](NC(=O)c1nn(C)cc1Br)C12CC3CC(CC(C3)C1)C2. The third-order valence-electron chi connectivity index (χ3n) is 6.54. The molecular weight excluding hydrogens is 354 g/mol. The van der Waals surface area contributed by atoms with Crippen LogP contribution in [-0.4, -0.2) is 21.7 Å². The van der Waals surface area contributed by atoms with E-state index in [0.29, 0.717) is 11.1 Å². The topological polar surface area (TPSA) is 46.9 Å². The molecular formula is C18H26BrN3O. The highest BCUT2D eigenvalue weighted by atomic mass is 79.9. The molecule has 0 saturated heterocycles. The lowest BCUT2D eigenvalue weighted by Gasteiger charge is -2.59. The molecule has 1 atom stereocenters. The molecule has 23 heavy (non-hydrogen) atoms. The number of carbonyl (C=O) groups excluding carboxylic acids is 1. The number of amides is 1. The van der Waals surface area contributed by atoms with Crippen molar-refractivity contribution in [1.82, 2.24) is 15.1 Å². The molecule has 1 heterocycles. The Kier molecular flexibility index (Phi) is 3.82. The van der Waals surface area contributed by atoms with E-state index >= 15 is 0 Å². The summed E-state index contributed by atoms with van der Waals surface area (Å²) < 4.78 is 2.46. The van der Waals surface area contributed by atoms with Gasteiger partial charge in [-0.2, -0.15) is 5.10 Å². The number of rotatable bonds is 4. The standard InChI is InChI=1S/C18H26BrN3O/c1-3-15(20-17(23)16-14(19)10-22(2)21-16)18-7-11-4-12(8-18)6-13(5-11)9-18/h10-13,15H,3-9H2,1-2H3,(H,20,23)/t11?,12?,13?,15-,18?/m1/s1. The zero-order chi connectivity index (χ0) is 16.2. The molecule has 4 bridgehead atoms. The Morgan fingerprint density at radius 2 is 1.91 bits per heavy atom.